The number of rotatable bonds is 4. The lowest BCUT2D eigenvalue weighted by atomic mass is 9.94. The van der Waals surface area contributed by atoms with Gasteiger partial charge in [0.25, 0.3) is 0 Å². The Kier molecular flexibility index (Phi) is 6.39. The highest BCUT2D eigenvalue weighted by atomic mass is 16.2. The van der Waals surface area contributed by atoms with Gasteiger partial charge in [-0.25, -0.2) is 4.79 Å². The van der Waals surface area contributed by atoms with Crippen LogP contribution in [0.2, 0.25) is 0 Å². The van der Waals surface area contributed by atoms with Crippen LogP contribution in [0.5, 0.6) is 0 Å². The Bertz CT molecular complexity index is 639. The number of carbonyl (C=O) groups is 2. The van der Waals surface area contributed by atoms with Crippen molar-refractivity contribution >= 4 is 11.9 Å². The summed E-state index contributed by atoms with van der Waals surface area (Å²) >= 11 is 0. The average molecular weight is 376 g/mol. The summed E-state index contributed by atoms with van der Waals surface area (Å²) in [5.41, 5.74) is 1.18. The lowest BCUT2D eigenvalue weighted by molar-refractivity contribution is -0.138. The Hall–Kier alpha value is -2.05. The molecule has 2 aliphatic rings. The third kappa shape index (κ3) is 4.45. The van der Waals surface area contributed by atoms with Gasteiger partial charge in [0, 0.05) is 51.4 Å². The number of aryl methyl sites for hydroxylation is 1. The van der Waals surface area contributed by atoms with Crippen molar-refractivity contribution in [2.24, 2.45) is 5.92 Å². The maximum absolute atomic E-state index is 12.9. The van der Waals surface area contributed by atoms with Crippen molar-refractivity contribution in [3.05, 3.63) is 18.0 Å². The first kappa shape index (κ1) is 19.7. The van der Waals surface area contributed by atoms with Crippen LogP contribution in [0.25, 0.3) is 0 Å². The molecule has 0 spiro atoms. The van der Waals surface area contributed by atoms with Crippen molar-refractivity contribution in [1.82, 2.24) is 24.5 Å². The van der Waals surface area contributed by atoms with E-state index in [0.29, 0.717) is 19.1 Å². The van der Waals surface area contributed by atoms with Crippen LogP contribution in [-0.4, -0.2) is 75.7 Å². The first-order valence-corrected chi connectivity index (χ1v) is 10.4. The SMILES string of the molecule is CCN(CC)C(=O)N1CCC(C(=O)N2CCC(n3cc(C)cn3)CC2)CC1. The summed E-state index contributed by atoms with van der Waals surface area (Å²) in [6.07, 6.45) is 7.47. The van der Waals surface area contributed by atoms with Gasteiger partial charge in [-0.05, 0) is 52.0 Å². The fourth-order valence-electron chi connectivity index (χ4n) is 4.25. The summed E-state index contributed by atoms with van der Waals surface area (Å²) in [6, 6.07) is 0.512. The van der Waals surface area contributed by atoms with Crippen LogP contribution in [0, 0.1) is 12.8 Å². The van der Waals surface area contributed by atoms with Gasteiger partial charge < -0.3 is 14.7 Å². The molecule has 1 aromatic heterocycles. The van der Waals surface area contributed by atoms with Crippen LogP contribution >= 0.6 is 0 Å². The third-order valence-corrected chi connectivity index (χ3v) is 6.03. The minimum atomic E-state index is 0.0641. The van der Waals surface area contributed by atoms with Crippen molar-refractivity contribution in [3.63, 3.8) is 0 Å². The molecule has 7 nitrogen and oxygen atoms in total. The molecule has 0 atom stereocenters. The number of piperidine rings is 2. The van der Waals surface area contributed by atoms with Crippen molar-refractivity contribution in [1.29, 1.82) is 0 Å². The van der Waals surface area contributed by atoms with Crippen LogP contribution < -0.4 is 0 Å². The van der Waals surface area contributed by atoms with Gasteiger partial charge in [-0.15, -0.1) is 0 Å². The number of nitrogens with zero attached hydrogens (tertiary/aromatic N) is 5. The highest BCUT2D eigenvalue weighted by Gasteiger charge is 2.33. The zero-order valence-corrected chi connectivity index (χ0v) is 16.9. The molecule has 0 unspecified atom stereocenters. The van der Waals surface area contributed by atoms with Gasteiger partial charge in [-0.3, -0.25) is 9.48 Å². The van der Waals surface area contributed by atoms with E-state index in [1.165, 1.54) is 5.56 Å². The molecule has 0 N–H and O–H groups in total. The molecule has 0 aromatic carbocycles. The van der Waals surface area contributed by atoms with Gasteiger partial charge in [0.1, 0.15) is 0 Å². The van der Waals surface area contributed by atoms with Crippen molar-refractivity contribution in [3.8, 4) is 0 Å². The second kappa shape index (κ2) is 8.76. The smallest absolute Gasteiger partial charge is 0.319 e. The summed E-state index contributed by atoms with van der Waals surface area (Å²) in [4.78, 5) is 31.2. The van der Waals surface area contributed by atoms with Gasteiger partial charge in [-0.1, -0.05) is 0 Å². The fourth-order valence-corrected chi connectivity index (χ4v) is 4.25. The number of carbonyl (C=O) groups excluding carboxylic acids is 2. The first-order chi connectivity index (χ1) is 13.0. The summed E-state index contributed by atoms with van der Waals surface area (Å²) < 4.78 is 2.05. The van der Waals surface area contributed by atoms with Gasteiger partial charge in [0.15, 0.2) is 0 Å². The maximum Gasteiger partial charge on any atom is 0.319 e. The Morgan fingerprint density at radius 2 is 1.63 bits per heavy atom. The number of amides is 3. The normalized spacial score (nSPS) is 19.4. The molecule has 27 heavy (non-hydrogen) atoms. The standard InChI is InChI=1S/C20H33N5O2/c1-4-22(5-2)20(27)24-10-6-17(7-11-24)19(26)23-12-8-18(9-13-23)25-15-16(3)14-21-25/h14-15,17-18H,4-13H2,1-3H3. The first-order valence-electron chi connectivity index (χ1n) is 10.4. The van der Waals surface area contributed by atoms with E-state index in [1.54, 1.807) is 0 Å². The van der Waals surface area contributed by atoms with Crippen molar-refractivity contribution in [2.45, 2.75) is 52.5 Å². The summed E-state index contributed by atoms with van der Waals surface area (Å²) in [6.45, 7) is 10.5. The maximum atomic E-state index is 12.9. The molecular weight excluding hydrogens is 342 g/mol. The van der Waals surface area contributed by atoms with Gasteiger partial charge in [0.05, 0.1) is 12.2 Å². The summed E-state index contributed by atoms with van der Waals surface area (Å²) in [7, 11) is 0. The second-order valence-electron chi connectivity index (χ2n) is 7.77. The number of hydrogen-bond donors (Lipinski definition) is 0. The molecule has 3 heterocycles. The van der Waals surface area contributed by atoms with E-state index in [4.69, 9.17) is 0 Å². The molecular formula is C20H33N5O2. The van der Waals surface area contributed by atoms with Crippen LogP contribution in [-0.2, 0) is 4.79 Å². The summed E-state index contributed by atoms with van der Waals surface area (Å²) in [5, 5.41) is 4.42. The second-order valence-corrected chi connectivity index (χ2v) is 7.77. The molecule has 7 heteroatoms. The Balaban J connectivity index is 1.47. The molecule has 3 rings (SSSR count). The highest BCUT2D eigenvalue weighted by Crippen LogP contribution is 2.26. The molecule has 0 aliphatic carbocycles. The summed E-state index contributed by atoms with van der Waals surface area (Å²) in [5.74, 6) is 0.342. The van der Waals surface area contributed by atoms with E-state index >= 15 is 0 Å². The monoisotopic (exact) mass is 375 g/mol. The van der Waals surface area contributed by atoms with E-state index in [1.807, 2.05) is 34.7 Å². The van der Waals surface area contributed by atoms with E-state index in [-0.39, 0.29) is 17.9 Å². The zero-order valence-electron chi connectivity index (χ0n) is 16.9. The van der Waals surface area contributed by atoms with Gasteiger partial charge in [-0.2, -0.15) is 5.10 Å². The molecule has 150 valence electrons. The molecule has 2 aliphatic heterocycles. The van der Waals surface area contributed by atoms with Crippen LogP contribution in [0.4, 0.5) is 4.79 Å². The van der Waals surface area contributed by atoms with Crippen molar-refractivity contribution in [2.75, 3.05) is 39.3 Å². The van der Waals surface area contributed by atoms with E-state index < -0.39 is 0 Å². The van der Waals surface area contributed by atoms with Crippen molar-refractivity contribution < 1.29 is 9.59 Å². The Morgan fingerprint density at radius 1 is 1.04 bits per heavy atom. The molecule has 3 amide bonds. The number of hydrogen-bond acceptors (Lipinski definition) is 3. The minimum Gasteiger partial charge on any atom is -0.342 e. The highest BCUT2D eigenvalue weighted by molar-refractivity contribution is 5.80. The molecule has 0 saturated carbocycles. The Labute approximate surface area is 162 Å². The quantitative estimate of drug-likeness (QED) is 0.812. The van der Waals surface area contributed by atoms with Crippen LogP contribution in [0.3, 0.4) is 0 Å². The Morgan fingerprint density at radius 3 is 2.15 bits per heavy atom. The topological polar surface area (TPSA) is 61.7 Å². The van der Waals surface area contributed by atoms with Gasteiger partial charge >= 0.3 is 6.03 Å². The fraction of sp³-hybridized carbons (Fsp3) is 0.750. The van der Waals surface area contributed by atoms with E-state index in [9.17, 15) is 9.59 Å². The molecule has 2 saturated heterocycles. The number of aromatic nitrogens is 2. The minimum absolute atomic E-state index is 0.0641. The zero-order chi connectivity index (χ0) is 19.4. The molecule has 1 aromatic rings. The predicted molar refractivity (Wildman–Crippen MR) is 104 cm³/mol. The molecule has 0 bridgehead atoms. The van der Waals surface area contributed by atoms with E-state index in [0.717, 1.165) is 51.9 Å². The average Bonchev–Trinajstić information content (AvgIpc) is 3.15. The third-order valence-electron chi connectivity index (χ3n) is 6.03. The van der Waals surface area contributed by atoms with E-state index in [2.05, 4.69) is 22.9 Å². The van der Waals surface area contributed by atoms with Gasteiger partial charge in [0.2, 0.25) is 5.91 Å². The van der Waals surface area contributed by atoms with Crippen LogP contribution in [0.1, 0.15) is 51.1 Å². The largest absolute Gasteiger partial charge is 0.342 e. The number of likely N-dealkylation sites (tertiary alicyclic amines) is 2. The number of urea groups is 1. The van der Waals surface area contributed by atoms with Crippen LogP contribution in [0.15, 0.2) is 12.4 Å². The molecule has 0 radical (unpaired) electrons. The lowest BCUT2D eigenvalue weighted by Crippen LogP contribution is -2.49. The molecule has 2 fully saturated rings. The predicted octanol–water partition coefficient (Wildman–Crippen LogP) is 2.53. The lowest BCUT2D eigenvalue weighted by Gasteiger charge is -2.38.